The maximum Gasteiger partial charge on any atom is 0.129 e. The Labute approximate surface area is 227 Å². The predicted molar refractivity (Wildman–Crippen MR) is 160 cm³/mol. The van der Waals surface area contributed by atoms with Gasteiger partial charge in [-0.15, -0.1) is 0 Å². The van der Waals surface area contributed by atoms with E-state index in [1.54, 1.807) is 0 Å². The summed E-state index contributed by atoms with van der Waals surface area (Å²) in [4.78, 5) is 4.80. The van der Waals surface area contributed by atoms with E-state index in [0.717, 1.165) is 30.3 Å². The van der Waals surface area contributed by atoms with Gasteiger partial charge in [0.1, 0.15) is 17.2 Å². The molecule has 196 valence electrons. The van der Waals surface area contributed by atoms with Crippen LogP contribution in [0.1, 0.15) is 53.0 Å². The molecule has 0 amide bonds. The van der Waals surface area contributed by atoms with E-state index in [1.165, 1.54) is 39.4 Å². The molecule has 38 heavy (non-hydrogen) atoms. The van der Waals surface area contributed by atoms with Gasteiger partial charge < -0.3 is 19.3 Å². The summed E-state index contributed by atoms with van der Waals surface area (Å²) in [5.41, 5.74) is 8.60. The van der Waals surface area contributed by atoms with Crippen molar-refractivity contribution in [1.82, 2.24) is 0 Å². The molecule has 1 aliphatic rings. The van der Waals surface area contributed by atoms with Crippen molar-refractivity contribution in [3.05, 3.63) is 90.5 Å². The van der Waals surface area contributed by atoms with Crippen LogP contribution in [-0.2, 0) is 0 Å². The fourth-order valence-corrected chi connectivity index (χ4v) is 5.34. The number of hydrogen-bond acceptors (Lipinski definition) is 4. The van der Waals surface area contributed by atoms with Gasteiger partial charge in [-0.05, 0) is 98.8 Å². The Bertz CT molecular complexity index is 1410. The number of fused-ring (bicyclic) bond motifs is 2. The smallest absolute Gasteiger partial charge is 0.129 e. The molecule has 0 aliphatic carbocycles. The third-order valence-corrected chi connectivity index (χ3v) is 7.02. The topological polar surface area (TPSA) is 24.9 Å². The molecule has 0 radical (unpaired) electrons. The van der Waals surface area contributed by atoms with Gasteiger partial charge >= 0.3 is 0 Å². The lowest BCUT2D eigenvalue weighted by molar-refractivity contribution is 0.242. The molecule has 0 fully saturated rings. The third-order valence-electron chi connectivity index (χ3n) is 7.02. The van der Waals surface area contributed by atoms with Crippen LogP contribution in [0.2, 0.25) is 0 Å². The van der Waals surface area contributed by atoms with Crippen LogP contribution in [0.4, 0.5) is 22.7 Å². The number of para-hydroxylation sites is 1. The highest BCUT2D eigenvalue weighted by Gasteiger charge is 2.28. The van der Waals surface area contributed by atoms with Gasteiger partial charge in [0.2, 0.25) is 0 Å². The molecule has 4 aromatic rings. The average molecular weight is 507 g/mol. The SMILES string of the molecule is CCN1c2ccc(-c3ccc(OC(C)C)cc3C(C)C)cc2N(CC)c2ccc(Oc3ccccc3)cc21. The largest absolute Gasteiger partial charge is 0.491 e. The van der Waals surface area contributed by atoms with Crippen LogP contribution in [0.5, 0.6) is 17.2 Å². The molecule has 0 aromatic heterocycles. The van der Waals surface area contributed by atoms with E-state index in [4.69, 9.17) is 9.47 Å². The number of ether oxygens (including phenoxy) is 2. The van der Waals surface area contributed by atoms with Crippen LogP contribution in [0.15, 0.2) is 84.9 Å². The second kappa shape index (κ2) is 10.8. The van der Waals surface area contributed by atoms with Crippen molar-refractivity contribution < 1.29 is 9.47 Å². The van der Waals surface area contributed by atoms with Gasteiger partial charge in [-0.1, -0.05) is 44.2 Å². The molecular weight excluding hydrogens is 468 g/mol. The van der Waals surface area contributed by atoms with E-state index >= 15 is 0 Å². The van der Waals surface area contributed by atoms with E-state index < -0.39 is 0 Å². The first kappa shape index (κ1) is 25.7. The summed E-state index contributed by atoms with van der Waals surface area (Å²) in [6.07, 6.45) is 0.154. The molecule has 1 aliphatic heterocycles. The fraction of sp³-hybridized carbons (Fsp3) is 0.294. The summed E-state index contributed by atoms with van der Waals surface area (Å²) < 4.78 is 12.2. The van der Waals surface area contributed by atoms with Gasteiger partial charge in [-0.3, -0.25) is 0 Å². The van der Waals surface area contributed by atoms with E-state index in [0.29, 0.717) is 5.92 Å². The highest BCUT2D eigenvalue weighted by Crippen LogP contribution is 2.50. The number of anilines is 4. The molecule has 0 atom stereocenters. The molecule has 4 heteroatoms. The van der Waals surface area contributed by atoms with E-state index in [9.17, 15) is 0 Å². The molecular formula is C34H38N2O2. The van der Waals surface area contributed by atoms with Crippen molar-refractivity contribution in [2.24, 2.45) is 0 Å². The molecule has 0 saturated carbocycles. The summed E-state index contributed by atoms with van der Waals surface area (Å²) >= 11 is 0. The first-order chi connectivity index (χ1) is 18.4. The maximum atomic E-state index is 6.18. The van der Waals surface area contributed by atoms with Crippen molar-refractivity contribution in [1.29, 1.82) is 0 Å². The average Bonchev–Trinajstić information content (AvgIpc) is 2.91. The Morgan fingerprint density at radius 2 is 1.24 bits per heavy atom. The molecule has 4 nitrogen and oxygen atoms in total. The highest BCUT2D eigenvalue weighted by molar-refractivity contribution is 5.95. The summed E-state index contributed by atoms with van der Waals surface area (Å²) in [5.74, 6) is 3.00. The van der Waals surface area contributed by atoms with E-state index in [-0.39, 0.29) is 6.10 Å². The molecule has 5 rings (SSSR count). The Hall–Kier alpha value is -3.92. The zero-order valence-electron chi connectivity index (χ0n) is 23.4. The number of benzene rings is 4. The van der Waals surface area contributed by atoms with Crippen molar-refractivity contribution in [3.8, 4) is 28.4 Å². The predicted octanol–water partition coefficient (Wildman–Crippen LogP) is 9.69. The lowest BCUT2D eigenvalue weighted by atomic mass is 9.91. The summed E-state index contributed by atoms with van der Waals surface area (Å²) in [5, 5.41) is 0. The van der Waals surface area contributed by atoms with Crippen molar-refractivity contribution in [2.45, 2.75) is 53.6 Å². The van der Waals surface area contributed by atoms with Gasteiger partial charge in [0.25, 0.3) is 0 Å². The van der Waals surface area contributed by atoms with Crippen LogP contribution >= 0.6 is 0 Å². The second-order valence-electron chi connectivity index (χ2n) is 10.3. The lowest BCUT2D eigenvalue weighted by Crippen LogP contribution is -2.29. The van der Waals surface area contributed by atoms with Gasteiger partial charge in [-0.2, -0.15) is 0 Å². The lowest BCUT2D eigenvalue weighted by Gasteiger charge is -2.40. The fourth-order valence-electron chi connectivity index (χ4n) is 5.34. The Balaban J connectivity index is 1.56. The minimum atomic E-state index is 0.154. The van der Waals surface area contributed by atoms with Gasteiger partial charge in [0.15, 0.2) is 0 Å². The van der Waals surface area contributed by atoms with Crippen LogP contribution in [-0.4, -0.2) is 19.2 Å². The Morgan fingerprint density at radius 1 is 0.605 bits per heavy atom. The zero-order chi connectivity index (χ0) is 26.8. The number of rotatable bonds is 8. The minimum Gasteiger partial charge on any atom is -0.491 e. The molecule has 0 bridgehead atoms. The van der Waals surface area contributed by atoms with Crippen LogP contribution in [0.25, 0.3) is 11.1 Å². The quantitative estimate of drug-likeness (QED) is 0.237. The van der Waals surface area contributed by atoms with Crippen molar-refractivity contribution in [3.63, 3.8) is 0 Å². The molecule has 1 heterocycles. The standard InChI is InChI=1S/C34H38N2O2/c1-7-35-32-19-16-28(38-26-12-10-9-11-13-26)22-34(32)36(8-2)31-18-14-25(20-33(31)35)29-17-15-27(37-24(5)6)21-30(29)23(3)4/h9-24H,7-8H2,1-6H3. The number of nitrogens with zero attached hydrogens (tertiary/aromatic N) is 2. The molecule has 0 N–H and O–H groups in total. The Morgan fingerprint density at radius 3 is 1.87 bits per heavy atom. The van der Waals surface area contributed by atoms with E-state index in [2.05, 4.69) is 106 Å². The summed E-state index contributed by atoms with van der Waals surface area (Å²) in [6.45, 7) is 14.8. The van der Waals surface area contributed by atoms with Gasteiger partial charge in [0.05, 0.1) is 28.9 Å². The zero-order valence-corrected chi connectivity index (χ0v) is 23.4. The van der Waals surface area contributed by atoms with Gasteiger partial charge in [0, 0.05) is 19.2 Å². The normalized spacial score (nSPS) is 12.5. The minimum absolute atomic E-state index is 0.154. The highest BCUT2D eigenvalue weighted by atomic mass is 16.5. The van der Waals surface area contributed by atoms with Crippen molar-refractivity contribution in [2.75, 3.05) is 22.9 Å². The molecule has 0 unspecified atom stereocenters. The second-order valence-corrected chi connectivity index (χ2v) is 10.3. The summed E-state index contributed by atoms with van der Waals surface area (Å²) in [7, 11) is 0. The molecule has 0 spiro atoms. The maximum absolute atomic E-state index is 6.18. The van der Waals surface area contributed by atoms with Crippen molar-refractivity contribution >= 4 is 22.7 Å². The molecule has 4 aromatic carbocycles. The first-order valence-electron chi connectivity index (χ1n) is 13.8. The van der Waals surface area contributed by atoms with Gasteiger partial charge in [-0.25, -0.2) is 0 Å². The molecule has 0 saturated heterocycles. The van der Waals surface area contributed by atoms with Crippen LogP contribution in [0, 0.1) is 0 Å². The van der Waals surface area contributed by atoms with Crippen LogP contribution in [0.3, 0.4) is 0 Å². The van der Waals surface area contributed by atoms with Crippen LogP contribution < -0.4 is 19.3 Å². The monoisotopic (exact) mass is 506 g/mol. The summed E-state index contributed by atoms with van der Waals surface area (Å²) in [6, 6.07) is 29.8. The third kappa shape index (κ3) is 4.96. The number of hydrogen-bond donors (Lipinski definition) is 0. The van der Waals surface area contributed by atoms with E-state index in [1.807, 2.05) is 30.3 Å². The Kier molecular flexibility index (Phi) is 7.33. The first-order valence-corrected chi connectivity index (χ1v) is 13.8.